The van der Waals surface area contributed by atoms with Gasteiger partial charge in [0.05, 0.1) is 11.6 Å². The number of hydrogen-bond acceptors (Lipinski definition) is 2. The number of hydrogen-bond donors (Lipinski definition) is 1. The summed E-state index contributed by atoms with van der Waals surface area (Å²) in [5.74, 6) is -0.322. The first-order chi connectivity index (χ1) is 12.1. The van der Waals surface area contributed by atoms with Crippen molar-refractivity contribution < 1.29 is 9.18 Å². The number of H-pyrrole nitrogens is 1. The Bertz CT molecular complexity index is 916. The highest BCUT2D eigenvalue weighted by Gasteiger charge is 2.30. The molecule has 0 bridgehead atoms. The summed E-state index contributed by atoms with van der Waals surface area (Å²) in [4.78, 5) is 15.1. The van der Waals surface area contributed by atoms with Crippen molar-refractivity contribution in [3.8, 4) is 0 Å². The van der Waals surface area contributed by atoms with Crippen LogP contribution in [-0.2, 0) is 0 Å². The summed E-state index contributed by atoms with van der Waals surface area (Å²) in [6.45, 7) is 2.70. The van der Waals surface area contributed by atoms with Crippen LogP contribution in [0.4, 0.5) is 4.39 Å². The largest absolute Gasteiger partial charge is 0.330 e. The predicted molar refractivity (Wildman–Crippen MR) is 94.9 cm³/mol. The molecule has 1 fully saturated rings. The molecular weight excluding hydrogens is 317 g/mol. The average Bonchev–Trinajstić information content (AvgIpc) is 3.05. The zero-order valence-electron chi connectivity index (χ0n) is 14.1. The third kappa shape index (κ3) is 2.90. The zero-order valence-corrected chi connectivity index (χ0v) is 14.1. The third-order valence-electron chi connectivity index (χ3n) is 4.94. The van der Waals surface area contributed by atoms with E-state index in [4.69, 9.17) is 0 Å². The Balaban J connectivity index is 1.71. The van der Waals surface area contributed by atoms with Crippen molar-refractivity contribution in [1.29, 1.82) is 0 Å². The molecule has 1 amide bonds. The van der Waals surface area contributed by atoms with Crippen LogP contribution >= 0.6 is 0 Å². The Morgan fingerprint density at radius 1 is 1.20 bits per heavy atom. The van der Waals surface area contributed by atoms with E-state index >= 15 is 0 Å². The first-order valence-electron chi connectivity index (χ1n) is 8.64. The van der Waals surface area contributed by atoms with Gasteiger partial charge in [-0.05, 0) is 56.0 Å². The number of amides is 1. The van der Waals surface area contributed by atoms with Crippen molar-refractivity contribution in [1.82, 2.24) is 15.1 Å². The van der Waals surface area contributed by atoms with E-state index in [1.165, 1.54) is 12.1 Å². The van der Waals surface area contributed by atoms with E-state index < -0.39 is 0 Å². The van der Waals surface area contributed by atoms with Crippen LogP contribution in [0.15, 0.2) is 42.5 Å². The Morgan fingerprint density at radius 2 is 2.00 bits per heavy atom. The van der Waals surface area contributed by atoms with Gasteiger partial charge in [-0.25, -0.2) is 4.39 Å². The smallest absolute Gasteiger partial charge is 0.275 e. The number of nitrogens with zero attached hydrogens (tertiary/aromatic N) is 2. The van der Waals surface area contributed by atoms with Crippen LogP contribution in [0.5, 0.6) is 0 Å². The van der Waals surface area contributed by atoms with E-state index in [9.17, 15) is 9.18 Å². The monoisotopic (exact) mass is 337 g/mol. The Hall–Kier alpha value is -2.69. The molecule has 1 aliphatic rings. The number of carbonyl (C=O) groups excluding carboxylic acids is 1. The van der Waals surface area contributed by atoms with Gasteiger partial charge in [0.15, 0.2) is 5.69 Å². The standard InChI is InChI=1S/C20H20FN3O/c1-13-5-10-17-16(12-13)19(23-22-17)20(25)24-11-3-2-4-18(24)14-6-8-15(21)9-7-14/h5-10,12,18H,2-4,11H2,1H3,(H,22,23)/t18-/m1/s1. The molecule has 0 spiro atoms. The van der Waals surface area contributed by atoms with Gasteiger partial charge in [-0.3, -0.25) is 9.89 Å². The zero-order chi connectivity index (χ0) is 17.4. The number of piperidine rings is 1. The van der Waals surface area contributed by atoms with E-state index in [1.807, 2.05) is 30.0 Å². The summed E-state index contributed by atoms with van der Waals surface area (Å²) >= 11 is 0. The van der Waals surface area contributed by atoms with Gasteiger partial charge in [-0.2, -0.15) is 5.10 Å². The van der Waals surface area contributed by atoms with Crippen molar-refractivity contribution in [3.63, 3.8) is 0 Å². The number of aromatic nitrogens is 2. The minimum absolute atomic E-state index is 0.0293. The lowest BCUT2D eigenvalue weighted by Gasteiger charge is -2.35. The van der Waals surface area contributed by atoms with E-state index in [0.717, 1.165) is 41.3 Å². The summed E-state index contributed by atoms with van der Waals surface area (Å²) in [7, 11) is 0. The van der Waals surface area contributed by atoms with E-state index in [2.05, 4.69) is 10.2 Å². The maximum Gasteiger partial charge on any atom is 0.275 e. The highest BCUT2D eigenvalue weighted by Crippen LogP contribution is 2.33. The van der Waals surface area contributed by atoms with Gasteiger partial charge in [0.2, 0.25) is 0 Å². The van der Waals surface area contributed by atoms with Crippen molar-refractivity contribution in [2.45, 2.75) is 32.2 Å². The maximum atomic E-state index is 13.3. The molecule has 4 nitrogen and oxygen atoms in total. The van der Waals surface area contributed by atoms with Crippen molar-refractivity contribution >= 4 is 16.8 Å². The Labute approximate surface area is 145 Å². The van der Waals surface area contributed by atoms with Gasteiger partial charge >= 0.3 is 0 Å². The molecule has 2 aromatic carbocycles. The quantitative estimate of drug-likeness (QED) is 0.754. The minimum Gasteiger partial charge on any atom is -0.330 e. The van der Waals surface area contributed by atoms with E-state index in [1.54, 1.807) is 12.1 Å². The lowest BCUT2D eigenvalue weighted by molar-refractivity contribution is 0.0607. The molecule has 1 aliphatic heterocycles. The summed E-state index contributed by atoms with van der Waals surface area (Å²) in [5.41, 5.74) is 3.40. The number of halogens is 1. The van der Waals surface area contributed by atoms with Crippen LogP contribution in [0.1, 0.15) is 46.9 Å². The second-order valence-electron chi connectivity index (χ2n) is 6.68. The molecule has 0 unspecified atom stereocenters. The first-order valence-corrected chi connectivity index (χ1v) is 8.64. The predicted octanol–water partition coefficient (Wildman–Crippen LogP) is 4.38. The summed E-state index contributed by atoms with van der Waals surface area (Å²) in [6, 6.07) is 12.4. The molecule has 5 heteroatoms. The van der Waals surface area contributed by atoms with E-state index in [0.29, 0.717) is 12.2 Å². The topological polar surface area (TPSA) is 49.0 Å². The number of nitrogens with one attached hydrogen (secondary N) is 1. The fourth-order valence-electron chi connectivity index (χ4n) is 3.63. The normalized spacial score (nSPS) is 17.8. The number of fused-ring (bicyclic) bond motifs is 1. The van der Waals surface area contributed by atoms with Gasteiger partial charge in [0.1, 0.15) is 5.82 Å². The van der Waals surface area contributed by atoms with Crippen LogP contribution in [0, 0.1) is 12.7 Å². The number of benzene rings is 2. The second-order valence-corrected chi connectivity index (χ2v) is 6.68. The lowest BCUT2D eigenvalue weighted by Crippen LogP contribution is -2.38. The molecular formula is C20H20FN3O. The van der Waals surface area contributed by atoms with Gasteiger partial charge in [0, 0.05) is 11.9 Å². The molecule has 0 aliphatic carbocycles. The SMILES string of the molecule is Cc1ccc2[nH]nc(C(=O)N3CCCC[C@@H]3c3ccc(F)cc3)c2c1. The van der Waals surface area contributed by atoms with Crippen LogP contribution in [0.3, 0.4) is 0 Å². The van der Waals surface area contributed by atoms with Crippen LogP contribution in [0.25, 0.3) is 10.9 Å². The molecule has 2 heterocycles. The minimum atomic E-state index is -0.258. The Morgan fingerprint density at radius 3 is 2.80 bits per heavy atom. The first kappa shape index (κ1) is 15.8. The number of aryl methyl sites for hydroxylation is 1. The molecule has 128 valence electrons. The Kier molecular flexibility index (Phi) is 3.99. The molecule has 4 rings (SSSR count). The second kappa shape index (κ2) is 6.31. The van der Waals surface area contributed by atoms with Crippen LogP contribution < -0.4 is 0 Å². The maximum absolute atomic E-state index is 13.3. The van der Waals surface area contributed by atoms with Crippen molar-refractivity contribution in [2.75, 3.05) is 6.54 Å². The molecule has 25 heavy (non-hydrogen) atoms. The van der Waals surface area contributed by atoms with Gasteiger partial charge in [-0.1, -0.05) is 23.8 Å². The molecule has 3 aromatic rings. The number of rotatable bonds is 2. The number of likely N-dealkylation sites (tertiary alicyclic amines) is 1. The fraction of sp³-hybridized carbons (Fsp3) is 0.300. The van der Waals surface area contributed by atoms with Crippen LogP contribution in [-0.4, -0.2) is 27.5 Å². The van der Waals surface area contributed by atoms with Crippen molar-refractivity contribution in [3.05, 3.63) is 65.1 Å². The molecule has 1 atom stereocenters. The number of carbonyl (C=O) groups is 1. The van der Waals surface area contributed by atoms with Crippen molar-refractivity contribution in [2.24, 2.45) is 0 Å². The van der Waals surface area contributed by atoms with Gasteiger partial charge in [0.25, 0.3) is 5.91 Å². The lowest BCUT2D eigenvalue weighted by atomic mass is 9.94. The third-order valence-corrected chi connectivity index (χ3v) is 4.94. The van der Waals surface area contributed by atoms with Crippen LogP contribution in [0.2, 0.25) is 0 Å². The summed E-state index contributed by atoms with van der Waals surface area (Å²) in [5, 5.41) is 8.08. The highest BCUT2D eigenvalue weighted by atomic mass is 19.1. The molecule has 1 aromatic heterocycles. The molecule has 1 saturated heterocycles. The average molecular weight is 337 g/mol. The summed E-state index contributed by atoms with van der Waals surface area (Å²) < 4.78 is 13.3. The number of aromatic amines is 1. The molecule has 0 saturated carbocycles. The fourth-order valence-corrected chi connectivity index (χ4v) is 3.63. The molecule has 1 N–H and O–H groups in total. The highest BCUT2D eigenvalue weighted by molar-refractivity contribution is 6.05. The molecule has 0 radical (unpaired) electrons. The van der Waals surface area contributed by atoms with Gasteiger partial charge < -0.3 is 4.90 Å². The van der Waals surface area contributed by atoms with E-state index in [-0.39, 0.29) is 17.8 Å². The summed E-state index contributed by atoms with van der Waals surface area (Å²) in [6.07, 6.45) is 2.93. The van der Waals surface area contributed by atoms with Gasteiger partial charge in [-0.15, -0.1) is 0 Å².